The van der Waals surface area contributed by atoms with Crippen molar-refractivity contribution in [2.24, 2.45) is 5.41 Å². The lowest BCUT2D eigenvalue weighted by Gasteiger charge is -2.33. The van der Waals surface area contributed by atoms with Crippen molar-refractivity contribution in [2.75, 3.05) is 0 Å². The molecule has 3 aromatic rings. The van der Waals surface area contributed by atoms with Crippen molar-refractivity contribution in [1.29, 1.82) is 0 Å². The fourth-order valence-corrected chi connectivity index (χ4v) is 4.33. The number of hydrogen-bond acceptors (Lipinski definition) is 6. The zero-order chi connectivity index (χ0) is 23.1. The Kier molecular flexibility index (Phi) is 5.61. The zero-order valence-corrected chi connectivity index (χ0v) is 19.2. The predicted octanol–water partition coefficient (Wildman–Crippen LogP) is 5.93. The Morgan fingerprint density at radius 3 is 2.34 bits per heavy atom. The fraction of sp³-hybridized carbons (Fsp3) is 0.231. The van der Waals surface area contributed by atoms with Crippen molar-refractivity contribution in [2.45, 2.75) is 38.2 Å². The lowest BCUT2D eigenvalue weighted by Crippen LogP contribution is -2.27. The second kappa shape index (κ2) is 8.11. The van der Waals surface area contributed by atoms with Crippen molar-refractivity contribution >= 4 is 22.8 Å². The third-order valence-corrected chi connectivity index (χ3v) is 6.62. The van der Waals surface area contributed by atoms with Gasteiger partial charge >= 0.3 is 5.97 Å². The average molecular weight is 449 g/mol. The molecule has 4 rings (SSSR count). The number of esters is 1. The molecule has 32 heavy (non-hydrogen) atoms. The number of benzene rings is 3. The van der Waals surface area contributed by atoms with E-state index in [4.69, 9.17) is 9.47 Å². The summed E-state index contributed by atoms with van der Waals surface area (Å²) < 4.78 is 11.6. The van der Waals surface area contributed by atoms with Gasteiger partial charge in [0.15, 0.2) is 5.12 Å². The molecule has 0 saturated heterocycles. The quantitative estimate of drug-likeness (QED) is 0.304. The predicted molar refractivity (Wildman–Crippen MR) is 123 cm³/mol. The van der Waals surface area contributed by atoms with Gasteiger partial charge in [-0.3, -0.25) is 4.79 Å². The van der Waals surface area contributed by atoms with Gasteiger partial charge in [0.1, 0.15) is 22.8 Å². The van der Waals surface area contributed by atoms with Crippen LogP contribution in [-0.2, 0) is 10.4 Å². The first-order valence-electron chi connectivity index (χ1n) is 10.2. The Balaban J connectivity index is 1.60. The largest absolute Gasteiger partial charge is 0.456 e. The topological polar surface area (TPSA) is 72.8 Å². The molecule has 0 radical (unpaired) electrons. The lowest BCUT2D eigenvalue weighted by molar-refractivity contribution is -0.117. The molecule has 1 unspecified atom stereocenters. The summed E-state index contributed by atoms with van der Waals surface area (Å²) in [6, 6.07) is 19.1. The van der Waals surface area contributed by atoms with E-state index in [0.29, 0.717) is 33.1 Å². The van der Waals surface area contributed by atoms with E-state index < -0.39 is 17.0 Å². The maximum absolute atomic E-state index is 12.9. The molecule has 0 bridgehead atoms. The average Bonchev–Trinajstić information content (AvgIpc) is 2.73. The van der Waals surface area contributed by atoms with Crippen molar-refractivity contribution in [1.82, 2.24) is 0 Å². The van der Waals surface area contributed by atoms with E-state index in [2.05, 4.69) is 0 Å². The molecule has 1 aliphatic rings. The molecule has 1 aliphatic heterocycles. The smallest absolute Gasteiger partial charge is 0.344 e. The van der Waals surface area contributed by atoms with E-state index >= 15 is 0 Å². The van der Waals surface area contributed by atoms with E-state index in [1.807, 2.05) is 39.0 Å². The van der Waals surface area contributed by atoms with Crippen molar-refractivity contribution < 1.29 is 24.2 Å². The lowest BCUT2D eigenvalue weighted by atomic mass is 9.85. The molecule has 0 aromatic heterocycles. The summed E-state index contributed by atoms with van der Waals surface area (Å²) in [7, 11) is 0. The molecule has 0 spiro atoms. The van der Waals surface area contributed by atoms with Crippen LogP contribution in [0.2, 0.25) is 0 Å². The van der Waals surface area contributed by atoms with Gasteiger partial charge in [0.05, 0.1) is 5.56 Å². The van der Waals surface area contributed by atoms with Crippen LogP contribution in [0.1, 0.15) is 49.2 Å². The summed E-state index contributed by atoms with van der Waals surface area (Å²) >= 11 is 1.03. The Hall–Kier alpha value is -3.09. The number of hydrogen-bond donors (Lipinski definition) is 1. The van der Waals surface area contributed by atoms with Gasteiger partial charge in [-0.15, -0.1) is 0 Å². The standard InChI is InChI=1S/C26H24O5S/c1-25(2,3)24(28)32-22-12-8-5-9-17(22)23(27)30-16-13-14-19-21(15-16)31-20-11-7-6-10-18(20)26(19,4)29/h5-15,29H,1-4H3. The molecular weight excluding hydrogens is 424 g/mol. The third-order valence-electron chi connectivity index (χ3n) is 5.24. The number of rotatable bonds is 3. The molecule has 0 saturated carbocycles. The van der Waals surface area contributed by atoms with Crippen LogP contribution in [0.4, 0.5) is 0 Å². The van der Waals surface area contributed by atoms with Crippen LogP contribution in [0.25, 0.3) is 0 Å². The second-order valence-corrected chi connectivity index (χ2v) is 9.87. The Morgan fingerprint density at radius 1 is 0.938 bits per heavy atom. The summed E-state index contributed by atoms with van der Waals surface area (Å²) in [5.41, 5.74) is -0.200. The van der Waals surface area contributed by atoms with Crippen LogP contribution in [0, 0.1) is 5.41 Å². The van der Waals surface area contributed by atoms with Crippen LogP contribution in [0.3, 0.4) is 0 Å². The first-order valence-corrected chi connectivity index (χ1v) is 11.1. The third kappa shape index (κ3) is 4.16. The van der Waals surface area contributed by atoms with Crippen LogP contribution < -0.4 is 9.47 Å². The van der Waals surface area contributed by atoms with Crippen molar-refractivity contribution in [3.05, 3.63) is 83.4 Å². The highest BCUT2D eigenvalue weighted by molar-refractivity contribution is 8.13. The number of thioether (sulfide) groups is 1. The normalized spacial score (nSPS) is 17.0. The molecule has 0 amide bonds. The van der Waals surface area contributed by atoms with E-state index in [9.17, 15) is 14.7 Å². The second-order valence-electron chi connectivity index (χ2n) is 8.85. The van der Waals surface area contributed by atoms with Gasteiger partial charge < -0.3 is 14.6 Å². The molecule has 1 N–H and O–H groups in total. The number of fused-ring (bicyclic) bond motifs is 2. The van der Waals surface area contributed by atoms with E-state index in [1.54, 1.807) is 55.5 Å². The number of para-hydroxylation sites is 1. The molecule has 0 aliphatic carbocycles. The van der Waals surface area contributed by atoms with Crippen LogP contribution in [0.5, 0.6) is 17.2 Å². The minimum Gasteiger partial charge on any atom is -0.456 e. The minimum atomic E-state index is -1.23. The Labute approximate surface area is 191 Å². The van der Waals surface area contributed by atoms with Gasteiger partial charge in [-0.2, -0.15) is 0 Å². The summed E-state index contributed by atoms with van der Waals surface area (Å²) in [5.74, 6) is 0.684. The molecule has 1 heterocycles. The first kappa shape index (κ1) is 22.1. The summed E-state index contributed by atoms with van der Waals surface area (Å²) in [6.45, 7) is 7.22. The molecule has 1 atom stereocenters. The summed E-state index contributed by atoms with van der Waals surface area (Å²) in [6.07, 6.45) is 0. The van der Waals surface area contributed by atoms with Crippen molar-refractivity contribution in [3.63, 3.8) is 0 Å². The van der Waals surface area contributed by atoms with Gasteiger partial charge in [0.2, 0.25) is 0 Å². The van der Waals surface area contributed by atoms with E-state index in [-0.39, 0.29) is 10.9 Å². The van der Waals surface area contributed by atoms with Crippen LogP contribution >= 0.6 is 11.8 Å². The maximum Gasteiger partial charge on any atom is 0.344 e. The minimum absolute atomic E-state index is 0.0409. The highest BCUT2D eigenvalue weighted by Crippen LogP contribution is 2.47. The first-order chi connectivity index (χ1) is 15.1. The molecule has 164 valence electrons. The monoisotopic (exact) mass is 448 g/mol. The van der Waals surface area contributed by atoms with Gasteiger partial charge in [0.25, 0.3) is 0 Å². The summed E-state index contributed by atoms with van der Waals surface area (Å²) in [5, 5.41) is 11.1. The van der Waals surface area contributed by atoms with Gasteiger partial charge in [0, 0.05) is 27.5 Å². The number of carbonyl (C=O) groups excluding carboxylic acids is 2. The van der Waals surface area contributed by atoms with Crippen LogP contribution in [0.15, 0.2) is 71.6 Å². The maximum atomic E-state index is 12.9. The molecule has 3 aromatic carbocycles. The van der Waals surface area contributed by atoms with Gasteiger partial charge in [-0.25, -0.2) is 4.79 Å². The molecule has 5 nitrogen and oxygen atoms in total. The molecule has 6 heteroatoms. The highest BCUT2D eigenvalue weighted by atomic mass is 32.2. The van der Waals surface area contributed by atoms with Gasteiger partial charge in [-0.1, -0.05) is 62.9 Å². The number of aliphatic hydroxyl groups is 1. The Bertz CT molecular complexity index is 1210. The van der Waals surface area contributed by atoms with E-state index in [0.717, 1.165) is 11.8 Å². The van der Waals surface area contributed by atoms with Crippen molar-refractivity contribution in [3.8, 4) is 17.2 Å². The van der Waals surface area contributed by atoms with Gasteiger partial charge in [-0.05, 0) is 37.3 Å². The zero-order valence-electron chi connectivity index (χ0n) is 18.3. The highest BCUT2D eigenvalue weighted by Gasteiger charge is 2.36. The summed E-state index contributed by atoms with van der Waals surface area (Å²) in [4.78, 5) is 25.9. The molecular formula is C26H24O5S. The SMILES string of the molecule is CC(C)(C)C(=O)Sc1ccccc1C(=O)Oc1ccc2c(c1)Oc1ccccc1C2(C)O. The van der Waals surface area contributed by atoms with E-state index in [1.165, 1.54) is 0 Å². The fourth-order valence-electron chi connectivity index (χ4n) is 3.41. The Morgan fingerprint density at radius 2 is 1.59 bits per heavy atom. The molecule has 0 fully saturated rings. The number of ether oxygens (including phenoxy) is 2. The number of carbonyl (C=O) groups is 2. The van der Waals surface area contributed by atoms with Crippen LogP contribution in [-0.4, -0.2) is 16.2 Å².